The van der Waals surface area contributed by atoms with Crippen LogP contribution in [-0.2, 0) is 9.53 Å². The van der Waals surface area contributed by atoms with Crippen LogP contribution in [0.15, 0.2) is 24.3 Å². The van der Waals surface area contributed by atoms with E-state index in [1.165, 1.54) is 7.11 Å². The second-order valence-corrected chi connectivity index (χ2v) is 4.41. The molecule has 0 fully saturated rings. The van der Waals surface area contributed by atoms with Crippen LogP contribution in [0.4, 0.5) is 0 Å². The minimum absolute atomic E-state index is 0.166. The normalized spacial score (nSPS) is 13.7. The van der Waals surface area contributed by atoms with Gasteiger partial charge in [-0.3, -0.25) is 0 Å². The zero-order valence-electron chi connectivity index (χ0n) is 10.7. The summed E-state index contributed by atoms with van der Waals surface area (Å²) in [5, 5.41) is 19.5. The molecule has 1 aromatic rings. The average Bonchev–Trinajstić information content (AvgIpc) is 2.44. The predicted molar refractivity (Wildman–Crippen MR) is 73.4 cm³/mol. The first kappa shape index (κ1) is 15.8. The number of thiol groups is 1. The van der Waals surface area contributed by atoms with Crippen molar-refractivity contribution in [3.05, 3.63) is 29.8 Å². The van der Waals surface area contributed by atoms with Gasteiger partial charge in [0.2, 0.25) is 0 Å². The van der Waals surface area contributed by atoms with Gasteiger partial charge >= 0.3 is 5.97 Å². The predicted octanol–water partition coefficient (Wildman–Crippen LogP) is 0.953. The van der Waals surface area contributed by atoms with Gasteiger partial charge in [0.15, 0.2) is 6.61 Å². The van der Waals surface area contributed by atoms with Crippen LogP contribution in [0, 0.1) is 0 Å². The smallest absolute Gasteiger partial charge is 0.343 e. The van der Waals surface area contributed by atoms with Crippen LogP contribution in [0.3, 0.4) is 0 Å². The van der Waals surface area contributed by atoms with E-state index in [0.29, 0.717) is 23.5 Å². The fourth-order valence-corrected chi connectivity index (χ4v) is 1.74. The highest BCUT2D eigenvalue weighted by molar-refractivity contribution is 7.80. The van der Waals surface area contributed by atoms with Gasteiger partial charge in [-0.2, -0.15) is 12.6 Å². The van der Waals surface area contributed by atoms with E-state index in [2.05, 4.69) is 17.4 Å². The van der Waals surface area contributed by atoms with E-state index in [4.69, 9.17) is 4.74 Å². The summed E-state index contributed by atoms with van der Waals surface area (Å²) in [5.74, 6) is 0.525. The molecule has 0 aromatic heterocycles. The highest BCUT2D eigenvalue weighted by atomic mass is 32.1. The van der Waals surface area contributed by atoms with E-state index < -0.39 is 18.2 Å². The minimum atomic E-state index is -0.957. The summed E-state index contributed by atoms with van der Waals surface area (Å²) in [4.78, 5) is 10.9. The van der Waals surface area contributed by atoms with Crippen LogP contribution in [0.5, 0.6) is 5.75 Å². The molecule has 106 valence electrons. The molecular weight excluding hydrogens is 268 g/mol. The summed E-state index contributed by atoms with van der Waals surface area (Å²) in [6, 6.07) is 6.52. The maximum absolute atomic E-state index is 10.9. The number of benzene rings is 1. The molecule has 1 rings (SSSR count). The Morgan fingerprint density at radius 1 is 1.32 bits per heavy atom. The maximum Gasteiger partial charge on any atom is 0.343 e. The van der Waals surface area contributed by atoms with Gasteiger partial charge < -0.3 is 19.7 Å². The molecule has 0 radical (unpaired) electrons. The third-order valence-electron chi connectivity index (χ3n) is 2.60. The largest absolute Gasteiger partial charge is 0.482 e. The molecule has 2 atom stereocenters. The van der Waals surface area contributed by atoms with Crippen molar-refractivity contribution in [2.45, 2.75) is 18.6 Å². The molecule has 0 spiro atoms. The van der Waals surface area contributed by atoms with Crippen LogP contribution < -0.4 is 4.74 Å². The van der Waals surface area contributed by atoms with Gasteiger partial charge in [-0.25, -0.2) is 4.79 Å². The van der Waals surface area contributed by atoms with Crippen molar-refractivity contribution in [2.24, 2.45) is 0 Å². The van der Waals surface area contributed by atoms with E-state index in [1.807, 2.05) is 0 Å². The van der Waals surface area contributed by atoms with Gasteiger partial charge in [-0.1, -0.05) is 12.1 Å². The topological polar surface area (TPSA) is 76.0 Å². The number of methoxy groups -OCH3 is 1. The lowest BCUT2D eigenvalue weighted by Crippen LogP contribution is -2.18. The van der Waals surface area contributed by atoms with Crippen LogP contribution in [0.1, 0.15) is 18.1 Å². The number of aliphatic hydroxyl groups excluding tert-OH is 2. The van der Waals surface area contributed by atoms with Crippen molar-refractivity contribution in [1.29, 1.82) is 0 Å². The van der Waals surface area contributed by atoms with Crippen LogP contribution in [0.2, 0.25) is 0 Å². The molecule has 0 saturated carbocycles. The van der Waals surface area contributed by atoms with Crippen molar-refractivity contribution in [3.63, 3.8) is 0 Å². The maximum atomic E-state index is 10.9. The second kappa shape index (κ2) is 8.04. The molecule has 5 nitrogen and oxygen atoms in total. The van der Waals surface area contributed by atoms with Crippen LogP contribution >= 0.6 is 12.6 Å². The highest BCUT2D eigenvalue weighted by Crippen LogP contribution is 2.22. The second-order valence-electron chi connectivity index (χ2n) is 3.96. The van der Waals surface area contributed by atoms with Gasteiger partial charge in [-0.05, 0) is 29.9 Å². The van der Waals surface area contributed by atoms with E-state index >= 15 is 0 Å². The SMILES string of the molecule is COC(=O)COc1ccc(C(O)C(O)CCS)cc1. The molecule has 2 unspecified atom stereocenters. The number of esters is 1. The van der Waals surface area contributed by atoms with Gasteiger partial charge in [0.1, 0.15) is 11.9 Å². The lowest BCUT2D eigenvalue weighted by molar-refractivity contribution is -0.142. The molecule has 1 aromatic carbocycles. The highest BCUT2D eigenvalue weighted by Gasteiger charge is 2.17. The molecule has 0 bridgehead atoms. The minimum Gasteiger partial charge on any atom is -0.482 e. The molecule has 0 heterocycles. The summed E-state index contributed by atoms with van der Waals surface area (Å²) in [6.07, 6.45) is -1.40. The van der Waals surface area contributed by atoms with Gasteiger partial charge in [0.25, 0.3) is 0 Å². The van der Waals surface area contributed by atoms with E-state index in [9.17, 15) is 15.0 Å². The monoisotopic (exact) mass is 286 g/mol. The van der Waals surface area contributed by atoms with Gasteiger partial charge in [0.05, 0.1) is 13.2 Å². The first-order chi connectivity index (χ1) is 9.08. The Hall–Kier alpha value is -1.24. The van der Waals surface area contributed by atoms with Crippen LogP contribution in [-0.4, -0.2) is 41.8 Å². The number of ether oxygens (including phenoxy) is 2. The standard InChI is InChI=1S/C13H18O5S/c1-17-12(15)8-18-10-4-2-9(3-5-10)13(16)11(14)6-7-19/h2-5,11,13-14,16,19H,6-8H2,1H3. The summed E-state index contributed by atoms with van der Waals surface area (Å²) < 4.78 is 9.62. The van der Waals surface area contributed by atoms with Gasteiger partial charge in [0, 0.05) is 0 Å². The molecule has 0 saturated heterocycles. The van der Waals surface area contributed by atoms with E-state index in [1.54, 1.807) is 24.3 Å². The first-order valence-corrected chi connectivity index (χ1v) is 6.48. The molecular formula is C13H18O5S. The third kappa shape index (κ3) is 5.10. The Bertz CT molecular complexity index is 393. The molecule has 0 aliphatic rings. The number of rotatable bonds is 7. The van der Waals surface area contributed by atoms with Crippen molar-refractivity contribution >= 4 is 18.6 Å². The Labute approximate surface area is 117 Å². The van der Waals surface area contributed by atoms with Crippen molar-refractivity contribution in [1.82, 2.24) is 0 Å². The number of carbonyl (C=O) groups excluding carboxylic acids is 1. The first-order valence-electron chi connectivity index (χ1n) is 5.85. The Morgan fingerprint density at radius 2 is 1.95 bits per heavy atom. The van der Waals surface area contributed by atoms with E-state index in [-0.39, 0.29) is 6.61 Å². The lowest BCUT2D eigenvalue weighted by atomic mass is 10.0. The van der Waals surface area contributed by atoms with Crippen LogP contribution in [0.25, 0.3) is 0 Å². The van der Waals surface area contributed by atoms with E-state index in [0.717, 1.165) is 0 Å². The molecule has 19 heavy (non-hydrogen) atoms. The lowest BCUT2D eigenvalue weighted by Gasteiger charge is -2.17. The van der Waals surface area contributed by atoms with Crippen molar-refractivity contribution in [3.8, 4) is 5.75 Å². The molecule has 0 aliphatic carbocycles. The summed E-state index contributed by atoms with van der Waals surface area (Å²) >= 11 is 4.00. The number of aliphatic hydroxyl groups is 2. The van der Waals surface area contributed by atoms with Crippen molar-refractivity contribution < 1.29 is 24.5 Å². The Morgan fingerprint density at radius 3 is 2.47 bits per heavy atom. The molecule has 0 amide bonds. The zero-order valence-corrected chi connectivity index (χ0v) is 11.5. The number of hydrogen-bond donors (Lipinski definition) is 3. The summed E-state index contributed by atoms with van der Waals surface area (Å²) in [6.45, 7) is -0.166. The fraction of sp³-hybridized carbons (Fsp3) is 0.462. The zero-order chi connectivity index (χ0) is 14.3. The quantitative estimate of drug-likeness (QED) is 0.514. The average molecular weight is 286 g/mol. The Balaban J connectivity index is 2.58. The summed E-state index contributed by atoms with van der Waals surface area (Å²) in [7, 11) is 1.29. The van der Waals surface area contributed by atoms with Gasteiger partial charge in [-0.15, -0.1) is 0 Å². The third-order valence-corrected chi connectivity index (χ3v) is 2.85. The molecule has 2 N–H and O–H groups in total. The molecule has 6 heteroatoms. The summed E-state index contributed by atoms with van der Waals surface area (Å²) in [5.41, 5.74) is 0.583. The number of hydrogen-bond acceptors (Lipinski definition) is 6. The molecule has 0 aliphatic heterocycles. The Kier molecular flexibility index (Phi) is 6.69. The fourth-order valence-electron chi connectivity index (χ4n) is 1.47. The number of carbonyl (C=O) groups is 1. The van der Waals surface area contributed by atoms with Crippen molar-refractivity contribution in [2.75, 3.05) is 19.5 Å².